The summed E-state index contributed by atoms with van der Waals surface area (Å²) in [7, 11) is 0. The summed E-state index contributed by atoms with van der Waals surface area (Å²) in [5.74, 6) is -0.162. The summed E-state index contributed by atoms with van der Waals surface area (Å²) in [6.45, 7) is 4.11. The van der Waals surface area contributed by atoms with Gasteiger partial charge in [0.05, 0.1) is 0 Å². The second-order valence-corrected chi connectivity index (χ2v) is 6.27. The van der Waals surface area contributed by atoms with E-state index in [-0.39, 0.29) is 23.0 Å². The Hall–Kier alpha value is -0.910. The van der Waals surface area contributed by atoms with Gasteiger partial charge in [0.15, 0.2) is 11.5 Å². The number of halogens is 4. The lowest BCUT2D eigenvalue weighted by Crippen LogP contribution is -2.54. The second-order valence-electron chi connectivity index (χ2n) is 5.16. The van der Waals surface area contributed by atoms with Crippen molar-refractivity contribution < 1.29 is 22.6 Å². The molecule has 1 aromatic rings. The molecule has 0 aliphatic heterocycles. The highest BCUT2D eigenvalue weighted by atomic mass is 79.9. The highest BCUT2D eigenvalue weighted by Gasteiger charge is 2.51. The summed E-state index contributed by atoms with van der Waals surface area (Å²) in [5, 5.41) is 0. The number of hydrogen-bond donors (Lipinski definition) is 0. The van der Waals surface area contributed by atoms with Gasteiger partial charge in [-0.25, -0.2) is 0 Å². The van der Waals surface area contributed by atoms with Gasteiger partial charge in [0.1, 0.15) is 6.10 Å². The molecule has 112 valence electrons. The Morgan fingerprint density at radius 2 is 1.90 bits per heavy atom. The van der Waals surface area contributed by atoms with Gasteiger partial charge in [0, 0.05) is 10.2 Å². The average Bonchev–Trinajstić information content (AvgIpc) is 2.37. The molecule has 0 radical (unpaired) electrons. The minimum atomic E-state index is -4.72. The van der Waals surface area contributed by atoms with Gasteiger partial charge in [0.25, 0.3) is 0 Å². The van der Waals surface area contributed by atoms with Gasteiger partial charge in [-0.05, 0) is 25.0 Å². The molecule has 0 aromatic heterocycles. The molecule has 0 spiro atoms. The van der Waals surface area contributed by atoms with Gasteiger partial charge >= 0.3 is 6.36 Å². The Labute approximate surface area is 124 Å². The zero-order chi connectivity index (χ0) is 15.0. The molecular weight excluding hydrogens is 337 g/mol. The molecule has 0 bridgehead atoms. The van der Waals surface area contributed by atoms with Gasteiger partial charge in [-0.1, -0.05) is 41.9 Å². The lowest BCUT2D eigenvalue weighted by Gasteiger charge is -2.50. The smallest absolute Gasteiger partial charge is 0.486 e. The summed E-state index contributed by atoms with van der Waals surface area (Å²) < 4.78 is 46.8. The van der Waals surface area contributed by atoms with E-state index in [4.69, 9.17) is 4.74 Å². The van der Waals surface area contributed by atoms with Crippen LogP contribution in [0, 0.1) is 5.41 Å². The fraction of sp³-hybridized carbons (Fsp3) is 0.571. The van der Waals surface area contributed by atoms with Crippen molar-refractivity contribution in [2.24, 2.45) is 5.41 Å². The molecular formula is C14H16BrF3O2. The minimum Gasteiger partial charge on any atom is -0.486 e. The molecule has 0 heterocycles. The van der Waals surface area contributed by atoms with Crippen molar-refractivity contribution in [2.75, 3.05) is 0 Å². The minimum absolute atomic E-state index is 0.0780. The molecule has 3 unspecified atom stereocenters. The van der Waals surface area contributed by atoms with Crippen LogP contribution in [0.25, 0.3) is 0 Å². The van der Waals surface area contributed by atoms with Crippen LogP contribution in [-0.2, 0) is 0 Å². The number of rotatable bonds is 4. The first kappa shape index (κ1) is 15.5. The quantitative estimate of drug-likeness (QED) is 0.716. The van der Waals surface area contributed by atoms with E-state index in [1.165, 1.54) is 18.2 Å². The maximum Gasteiger partial charge on any atom is 0.573 e. The largest absolute Gasteiger partial charge is 0.573 e. The molecule has 0 N–H and O–H groups in total. The predicted molar refractivity (Wildman–Crippen MR) is 73.3 cm³/mol. The number of alkyl halides is 4. The van der Waals surface area contributed by atoms with Crippen molar-refractivity contribution >= 4 is 15.9 Å². The molecule has 0 amide bonds. The van der Waals surface area contributed by atoms with E-state index in [0.717, 1.165) is 12.8 Å². The van der Waals surface area contributed by atoms with Gasteiger partial charge in [0.2, 0.25) is 0 Å². The first-order valence-corrected chi connectivity index (χ1v) is 7.33. The monoisotopic (exact) mass is 352 g/mol. The maximum atomic E-state index is 12.3. The van der Waals surface area contributed by atoms with E-state index in [1.54, 1.807) is 6.07 Å². The van der Waals surface area contributed by atoms with Crippen LogP contribution in [-0.4, -0.2) is 17.3 Å². The Balaban J connectivity index is 2.14. The number of hydrogen-bond acceptors (Lipinski definition) is 2. The molecule has 0 saturated heterocycles. The molecule has 6 heteroatoms. The zero-order valence-corrected chi connectivity index (χ0v) is 12.8. The van der Waals surface area contributed by atoms with Crippen LogP contribution >= 0.6 is 15.9 Å². The molecule has 1 aliphatic rings. The molecule has 1 aromatic carbocycles. The van der Waals surface area contributed by atoms with Crippen LogP contribution in [0.4, 0.5) is 13.2 Å². The predicted octanol–water partition coefficient (Wildman–Crippen LogP) is 4.92. The summed E-state index contributed by atoms with van der Waals surface area (Å²) in [5.41, 5.74) is -0.0780. The van der Waals surface area contributed by atoms with Crippen LogP contribution in [0.2, 0.25) is 0 Å². The van der Waals surface area contributed by atoms with E-state index >= 15 is 0 Å². The number of ether oxygens (including phenoxy) is 2. The molecule has 1 aliphatic carbocycles. The Bertz CT molecular complexity index is 478. The first-order valence-electron chi connectivity index (χ1n) is 6.42. The Morgan fingerprint density at radius 1 is 1.30 bits per heavy atom. The molecule has 1 fully saturated rings. The van der Waals surface area contributed by atoms with E-state index in [9.17, 15) is 13.2 Å². The third kappa shape index (κ3) is 3.05. The first-order chi connectivity index (χ1) is 9.26. The van der Waals surface area contributed by atoms with Gasteiger partial charge < -0.3 is 9.47 Å². The molecule has 2 rings (SSSR count). The second kappa shape index (κ2) is 5.47. The van der Waals surface area contributed by atoms with Gasteiger partial charge in [-0.3, -0.25) is 0 Å². The number of para-hydroxylation sites is 2. The molecule has 2 nitrogen and oxygen atoms in total. The average molecular weight is 353 g/mol. The summed E-state index contributed by atoms with van der Waals surface area (Å²) >= 11 is 3.57. The van der Waals surface area contributed by atoms with E-state index in [2.05, 4.69) is 27.6 Å². The molecule has 3 atom stereocenters. The van der Waals surface area contributed by atoms with Crippen molar-refractivity contribution in [3.8, 4) is 11.5 Å². The molecule has 20 heavy (non-hydrogen) atoms. The Kier molecular flexibility index (Phi) is 4.23. The maximum absolute atomic E-state index is 12.3. The third-order valence-corrected chi connectivity index (χ3v) is 5.40. The topological polar surface area (TPSA) is 18.5 Å². The normalized spacial score (nSPS) is 29.7. The van der Waals surface area contributed by atoms with E-state index in [1.807, 2.05) is 6.92 Å². The highest BCUT2D eigenvalue weighted by molar-refractivity contribution is 9.09. The fourth-order valence-corrected chi connectivity index (χ4v) is 3.27. The summed E-state index contributed by atoms with van der Waals surface area (Å²) in [6, 6.07) is 5.88. The molecule has 1 saturated carbocycles. The van der Waals surface area contributed by atoms with E-state index < -0.39 is 6.36 Å². The summed E-state index contributed by atoms with van der Waals surface area (Å²) in [4.78, 5) is 0.320. The number of benzene rings is 1. The zero-order valence-electron chi connectivity index (χ0n) is 11.2. The van der Waals surface area contributed by atoms with Gasteiger partial charge in [-0.2, -0.15) is 0 Å². The highest BCUT2D eigenvalue weighted by Crippen LogP contribution is 2.51. The lowest BCUT2D eigenvalue weighted by molar-refractivity contribution is -0.275. The van der Waals surface area contributed by atoms with Crippen LogP contribution < -0.4 is 9.47 Å². The van der Waals surface area contributed by atoms with E-state index in [0.29, 0.717) is 4.83 Å². The van der Waals surface area contributed by atoms with Crippen LogP contribution in [0.5, 0.6) is 11.5 Å². The third-order valence-electron chi connectivity index (χ3n) is 3.98. The van der Waals surface area contributed by atoms with Crippen LogP contribution in [0.15, 0.2) is 24.3 Å². The van der Waals surface area contributed by atoms with Crippen molar-refractivity contribution in [3.05, 3.63) is 24.3 Å². The van der Waals surface area contributed by atoms with Crippen LogP contribution in [0.1, 0.15) is 26.7 Å². The SMILES string of the molecule is CCC1(C)C(Br)CC1Oc1ccccc1OC(F)(F)F. The van der Waals surface area contributed by atoms with Gasteiger partial charge in [-0.15, -0.1) is 13.2 Å². The fourth-order valence-electron chi connectivity index (χ4n) is 2.31. The Morgan fingerprint density at radius 3 is 2.40 bits per heavy atom. The van der Waals surface area contributed by atoms with Crippen LogP contribution in [0.3, 0.4) is 0 Å². The van der Waals surface area contributed by atoms with Crippen molar-refractivity contribution in [3.63, 3.8) is 0 Å². The van der Waals surface area contributed by atoms with Crippen molar-refractivity contribution in [1.82, 2.24) is 0 Å². The summed E-state index contributed by atoms with van der Waals surface area (Å²) in [6.07, 6.45) is -3.18. The van der Waals surface area contributed by atoms with Crippen molar-refractivity contribution in [2.45, 2.75) is 44.0 Å². The lowest BCUT2D eigenvalue weighted by atomic mass is 9.65. The van der Waals surface area contributed by atoms with Crippen molar-refractivity contribution in [1.29, 1.82) is 0 Å². The standard InChI is InChI=1S/C14H16BrF3O2/c1-3-13(2)11(15)8-12(13)19-9-6-4-5-7-10(9)20-14(16,17)18/h4-7,11-12H,3,8H2,1-2H3.